The van der Waals surface area contributed by atoms with E-state index >= 15 is 0 Å². The molecule has 0 aliphatic heterocycles. The van der Waals surface area contributed by atoms with E-state index in [1.807, 2.05) is 30.3 Å². The molecule has 0 fully saturated rings. The lowest BCUT2D eigenvalue weighted by Crippen LogP contribution is -2.10. The first-order chi connectivity index (χ1) is 8.53. The Bertz CT molecular complexity index is 485. The monoisotopic (exact) mass is 245 g/mol. The first-order valence-electron chi connectivity index (χ1n) is 6.13. The maximum Gasteiger partial charge on any atom is 0.245 e. The molecule has 0 saturated carbocycles. The minimum absolute atomic E-state index is 0.175. The van der Waals surface area contributed by atoms with Crippen LogP contribution in [0.15, 0.2) is 34.9 Å². The van der Waals surface area contributed by atoms with Crippen LogP contribution in [0.3, 0.4) is 0 Å². The number of nitrogens with zero attached hydrogens (tertiary/aromatic N) is 2. The van der Waals surface area contributed by atoms with E-state index in [9.17, 15) is 0 Å². The first-order valence-corrected chi connectivity index (χ1v) is 6.13. The molecule has 4 heteroatoms. The standard InChI is InChI=1S/C14H19N3O/c1-14(2,3)9-12-16-13(18-17-12)10-15-11-7-5-4-6-8-11/h4-8,15H,9-10H2,1-3H3. The van der Waals surface area contributed by atoms with Gasteiger partial charge in [-0.25, -0.2) is 0 Å². The lowest BCUT2D eigenvalue weighted by atomic mass is 9.92. The molecule has 2 rings (SSSR count). The Morgan fingerprint density at radius 3 is 2.56 bits per heavy atom. The second-order valence-electron chi connectivity index (χ2n) is 5.56. The van der Waals surface area contributed by atoms with Crippen LogP contribution in [0.5, 0.6) is 0 Å². The van der Waals surface area contributed by atoms with Gasteiger partial charge in [0.1, 0.15) is 0 Å². The maximum absolute atomic E-state index is 5.21. The van der Waals surface area contributed by atoms with E-state index in [2.05, 4.69) is 36.2 Å². The predicted octanol–water partition coefficient (Wildman–Crippen LogP) is 3.27. The molecule has 18 heavy (non-hydrogen) atoms. The van der Waals surface area contributed by atoms with E-state index in [-0.39, 0.29) is 5.41 Å². The third-order valence-corrected chi connectivity index (χ3v) is 2.42. The van der Waals surface area contributed by atoms with Crippen LogP contribution in [0.25, 0.3) is 0 Å². The Hall–Kier alpha value is -1.84. The van der Waals surface area contributed by atoms with Crippen molar-refractivity contribution in [2.75, 3.05) is 5.32 Å². The van der Waals surface area contributed by atoms with Crippen molar-refractivity contribution in [3.8, 4) is 0 Å². The molecule has 0 aliphatic carbocycles. The molecular weight excluding hydrogens is 226 g/mol. The van der Waals surface area contributed by atoms with Crippen molar-refractivity contribution in [2.24, 2.45) is 5.41 Å². The number of hydrogen-bond donors (Lipinski definition) is 1. The number of hydrogen-bond acceptors (Lipinski definition) is 4. The Morgan fingerprint density at radius 1 is 1.17 bits per heavy atom. The molecule has 1 aromatic carbocycles. The summed E-state index contributed by atoms with van der Waals surface area (Å²) in [5.74, 6) is 1.39. The first kappa shape index (κ1) is 12.6. The van der Waals surface area contributed by atoms with Crippen LogP contribution < -0.4 is 5.32 Å². The Morgan fingerprint density at radius 2 is 1.89 bits per heavy atom. The minimum Gasteiger partial charge on any atom is -0.376 e. The van der Waals surface area contributed by atoms with E-state index in [4.69, 9.17) is 4.52 Å². The highest BCUT2D eigenvalue weighted by molar-refractivity contribution is 5.42. The zero-order valence-corrected chi connectivity index (χ0v) is 11.1. The van der Waals surface area contributed by atoms with Crippen LogP contribution in [0.4, 0.5) is 5.69 Å². The minimum atomic E-state index is 0.175. The molecule has 2 aromatic rings. The summed E-state index contributed by atoms with van der Waals surface area (Å²) in [6, 6.07) is 9.97. The zero-order chi connectivity index (χ0) is 13.0. The van der Waals surface area contributed by atoms with E-state index in [1.54, 1.807) is 0 Å². The number of anilines is 1. The summed E-state index contributed by atoms with van der Waals surface area (Å²) in [6.07, 6.45) is 0.821. The molecule has 0 radical (unpaired) electrons. The number of benzene rings is 1. The molecule has 1 heterocycles. The fourth-order valence-electron chi connectivity index (χ4n) is 1.64. The van der Waals surface area contributed by atoms with Gasteiger partial charge in [-0.2, -0.15) is 4.98 Å². The van der Waals surface area contributed by atoms with Crippen molar-refractivity contribution in [3.63, 3.8) is 0 Å². The second kappa shape index (κ2) is 5.21. The van der Waals surface area contributed by atoms with Crippen LogP contribution in [0.1, 0.15) is 32.5 Å². The molecule has 0 aliphatic rings. The fourth-order valence-corrected chi connectivity index (χ4v) is 1.64. The number of aromatic nitrogens is 2. The summed E-state index contributed by atoms with van der Waals surface area (Å²) in [4.78, 5) is 4.37. The molecule has 0 atom stereocenters. The maximum atomic E-state index is 5.21. The lowest BCUT2D eigenvalue weighted by Gasteiger charge is -2.14. The van der Waals surface area contributed by atoms with Gasteiger partial charge < -0.3 is 9.84 Å². The van der Waals surface area contributed by atoms with Gasteiger partial charge in [-0.1, -0.05) is 44.1 Å². The highest BCUT2D eigenvalue weighted by atomic mass is 16.5. The molecule has 0 amide bonds. The summed E-state index contributed by atoms with van der Waals surface area (Å²) in [5, 5.41) is 7.23. The Labute approximate surface area is 107 Å². The van der Waals surface area contributed by atoms with Crippen molar-refractivity contribution in [1.82, 2.24) is 10.1 Å². The second-order valence-corrected chi connectivity index (χ2v) is 5.56. The van der Waals surface area contributed by atoms with Crippen molar-refractivity contribution in [3.05, 3.63) is 42.0 Å². The third kappa shape index (κ3) is 3.87. The smallest absolute Gasteiger partial charge is 0.245 e. The fraction of sp³-hybridized carbons (Fsp3) is 0.429. The highest BCUT2D eigenvalue weighted by Crippen LogP contribution is 2.18. The van der Waals surface area contributed by atoms with Crippen LogP contribution in [0.2, 0.25) is 0 Å². The van der Waals surface area contributed by atoms with Crippen LogP contribution in [-0.2, 0) is 13.0 Å². The van der Waals surface area contributed by atoms with Gasteiger partial charge in [0.25, 0.3) is 0 Å². The van der Waals surface area contributed by atoms with E-state index in [1.165, 1.54) is 0 Å². The summed E-state index contributed by atoms with van der Waals surface area (Å²) < 4.78 is 5.21. The molecular formula is C14H19N3O. The van der Waals surface area contributed by atoms with Gasteiger partial charge in [-0.15, -0.1) is 0 Å². The summed E-state index contributed by atoms with van der Waals surface area (Å²) >= 11 is 0. The average Bonchev–Trinajstić information content (AvgIpc) is 2.73. The van der Waals surface area contributed by atoms with Gasteiger partial charge in [0.05, 0.1) is 6.54 Å². The molecule has 1 aromatic heterocycles. The average molecular weight is 245 g/mol. The lowest BCUT2D eigenvalue weighted by molar-refractivity contribution is 0.357. The molecule has 0 spiro atoms. The Balaban J connectivity index is 1.91. The van der Waals surface area contributed by atoms with Gasteiger partial charge in [0.15, 0.2) is 5.82 Å². The largest absolute Gasteiger partial charge is 0.376 e. The highest BCUT2D eigenvalue weighted by Gasteiger charge is 2.15. The number of para-hydroxylation sites is 1. The molecule has 96 valence electrons. The SMILES string of the molecule is CC(C)(C)Cc1noc(CNc2ccccc2)n1. The van der Waals surface area contributed by atoms with Crippen LogP contribution in [-0.4, -0.2) is 10.1 Å². The normalized spacial score (nSPS) is 11.5. The van der Waals surface area contributed by atoms with Crippen molar-refractivity contribution in [1.29, 1.82) is 0 Å². The van der Waals surface area contributed by atoms with Crippen molar-refractivity contribution >= 4 is 5.69 Å². The van der Waals surface area contributed by atoms with Crippen molar-refractivity contribution < 1.29 is 4.52 Å². The van der Waals surface area contributed by atoms with Gasteiger partial charge >= 0.3 is 0 Å². The van der Waals surface area contributed by atoms with E-state index in [0.717, 1.165) is 17.9 Å². The van der Waals surface area contributed by atoms with E-state index < -0.39 is 0 Å². The molecule has 1 N–H and O–H groups in total. The molecule has 0 saturated heterocycles. The van der Waals surface area contributed by atoms with Gasteiger partial charge in [0.2, 0.25) is 5.89 Å². The summed E-state index contributed by atoms with van der Waals surface area (Å²) in [6.45, 7) is 7.03. The Kier molecular flexibility index (Phi) is 3.65. The van der Waals surface area contributed by atoms with Crippen LogP contribution in [0, 0.1) is 5.41 Å². The van der Waals surface area contributed by atoms with Gasteiger partial charge in [-0.3, -0.25) is 0 Å². The molecule has 0 bridgehead atoms. The number of nitrogens with one attached hydrogen (secondary N) is 1. The number of rotatable bonds is 4. The van der Waals surface area contributed by atoms with Gasteiger partial charge in [-0.05, 0) is 17.5 Å². The van der Waals surface area contributed by atoms with Crippen molar-refractivity contribution in [2.45, 2.75) is 33.7 Å². The molecule has 0 unspecified atom stereocenters. The predicted molar refractivity (Wildman–Crippen MR) is 71.2 cm³/mol. The molecule has 4 nitrogen and oxygen atoms in total. The summed E-state index contributed by atoms with van der Waals surface area (Å²) in [7, 11) is 0. The third-order valence-electron chi connectivity index (χ3n) is 2.42. The van der Waals surface area contributed by atoms with E-state index in [0.29, 0.717) is 12.4 Å². The zero-order valence-electron chi connectivity index (χ0n) is 11.1. The summed E-state index contributed by atoms with van der Waals surface area (Å²) in [5.41, 5.74) is 1.22. The van der Waals surface area contributed by atoms with Gasteiger partial charge in [0, 0.05) is 12.1 Å². The quantitative estimate of drug-likeness (QED) is 0.898. The topological polar surface area (TPSA) is 51.0 Å². The van der Waals surface area contributed by atoms with Crippen LogP contribution >= 0.6 is 0 Å².